The molecule has 2 nitrogen and oxygen atoms in total. The first-order valence-electron chi connectivity index (χ1n) is 6.46. The van der Waals surface area contributed by atoms with Crippen molar-refractivity contribution in [3.05, 3.63) is 65.2 Å². The van der Waals surface area contributed by atoms with Crippen LogP contribution in [-0.2, 0) is 5.75 Å². The lowest BCUT2D eigenvalue weighted by Gasteiger charge is -2.10. The number of aliphatic hydroxyl groups excluding tert-OH is 1. The molecular formula is C16H15NOS2. The first kappa shape index (κ1) is 13.6. The predicted molar refractivity (Wildman–Crippen MR) is 87.2 cm³/mol. The molecule has 1 atom stereocenters. The van der Waals surface area contributed by atoms with Crippen molar-refractivity contribution in [2.75, 3.05) is 5.75 Å². The van der Waals surface area contributed by atoms with Crippen LogP contribution < -0.4 is 0 Å². The van der Waals surface area contributed by atoms with Gasteiger partial charge in [0.15, 0.2) is 0 Å². The highest BCUT2D eigenvalue weighted by Gasteiger charge is 2.07. The number of hydrogen-bond donors (Lipinski definition) is 1. The van der Waals surface area contributed by atoms with Crippen LogP contribution in [0.1, 0.15) is 17.2 Å². The zero-order valence-corrected chi connectivity index (χ0v) is 12.5. The van der Waals surface area contributed by atoms with Gasteiger partial charge >= 0.3 is 0 Å². The van der Waals surface area contributed by atoms with E-state index in [1.54, 1.807) is 23.1 Å². The van der Waals surface area contributed by atoms with Crippen LogP contribution >= 0.6 is 23.1 Å². The zero-order chi connectivity index (χ0) is 13.8. The van der Waals surface area contributed by atoms with E-state index in [9.17, 15) is 5.11 Å². The maximum Gasteiger partial charge on any atom is 0.123 e. The summed E-state index contributed by atoms with van der Waals surface area (Å²) in [5.74, 6) is 1.58. The molecule has 4 heteroatoms. The van der Waals surface area contributed by atoms with Crippen molar-refractivity contribution >= 4 is 33.3 Å². The summed E-state index contributed by atoms with van der Waals surface area (Å²) >= 11 is 3.40. The summed E-state index contributed by atoms with van der Waals surface area (Å²) in [6.45, 7) is 0. The minimum absolute atomic E-state index is 0.404. The first-order valence-corrected chi connectivity index (χ1v) is 8.49. The molecule has 0 bridgehead atoms. The number of fused-ring (bicyclic) bond motifs is 1. The van der Waals surface area contributed by atoms with E-state index in [1.807, 2.05) is 36.5 Å². The van der Waals surface area contributed by atoms with Crippen LogP contribution in [0.2, 0.25) is 0 Å². The summed E-state index contributed by atoms with van der Waals surface area (Å²) in [7, 11) is 0. The van der Waals surface area contributed by atoms with Crippen LogP contribution in [0.5, 0.6) is 0 Å². The summed E-state index contributed by atoms with van der Waals surface area (Å²) in [4.78, 5) is 5.53. The van der Waals surface area contributed by atoms with Crippen molar-refractivity contribution in [3.8, 4) is 0 Å². The van der Waals surface area contributed by atoms with Crippen LogP contribution in [0.25, 0.3) is 10.2 Å². The quantitative estimate of drug-likeness (QED) is 0.764. The molecule has 3 rings (SSSR count). The monoisotopic (exact) mass is 301 g/mol. The van der Waals surface area contributed by atoms with Crippen molar-refractivity contribution in [2.45, 2.75) is 11.9 Å². The normalized spacial score (nSPS) is 12.7. The second kappa shape index (κ2) is 6.39. The molecule has 2 aromatic heterocycles. The number of aromatic nitrogens is 1. The molecule has 0 aliphatic rings. The number of pyridine rings is 1. The second-order valence-electron chi connectivity index (χ2n) is 4.60. The standard InChI is InChI=1S/C16H15NOS2/c18-15(13-4-2-1-3-5-13)11-19-10-12-8-14-6-7-20-16(14)17-9-12/h1-9,15,18H,10-11H2. The van der Waals surface area contributed by atoms with Gasteiger partial charge in [-0.05, 0) is 28.6 Å². The highest BCUT2D eigenvalue weighted by molar-refractivity contribution is 7.98. The van der Waals surface area contributed by atoms with Crippen molar-refractivity contribution in [1.82, 2.24) is 4.98 Å². The van der Waals surface area contributed by atoms with Crippen molar-refractivity contribution < 1.29 is 5.11 Å². The van der Waals surface area contributed by atoms with Gasteiger partial charge in [0.05, 0.1) is 6.10 Å². The molecule has 0 saturated heterocycles. The van der Waals surface area contributed by atoms with Gasteiger partial charge < -0.3 is 5.11 Å². The van der Waals surface area contributed by atoms with E-state index in [4.69, 9.17) is 0 Å². The lowest BCUT2D eigenvalue weighted by Crippen LogP contribution is -2.00. The highest BCUT2D eigenvalue weighted by atomic mass is 32.2. The van der Waals surface area contributed by atoms with Crippen LogP contribution in [0.4, 0.5) is 0 Å². The SMILES string of the molecule is OC(CSCc1cnc2sccc2c1)c1ccccc1. The zero-order valence-electron chi connectivity index (χ0n) is 10.9. The minimum atomic E-state index is -0.404. The topological polar surface area (TPSA) is 33.1 Å². The fraction of sp³-hybridized carbons (Fsp3) is 0.188. The maximum atomic E-state index is 10.1. The van der Waals surface area contributed by atoms with Crippen LogP contribution in [0, 0.1) is 0 Å². The fourth-order valence-electron chi connectivity index (χ4n) is 2.04. The molecule has 20 heavy (non-hydrogen) atoms. The van der Waals surface area contributed by atoms with Gasteiger partial charge in [-0.3, -0.25) is 0 Å². The highest BCUT2D eigenvalue weighted by Crippen LogP contribution is 2.24. The Hall–Kier alpha value is -1.36. The van der Waals surface area contributed by atoms with Gasteiger partial charge in [-0.1, -0.05) is 30.3 Å². The van der Waals surface area contributed by atoms with Crippen molar-refractivity contribution in [3.63, 3.8) is 0 Å². The number of aliphatic hydroxyl groups is 1. The molecule has 2 heterocycles. The first-order chi connectivity index (χ1) is 9.83. The van der Waals surface area contributed by atoms with E-state index < -0.39 is 6.10 Å². The van der Waals surface area contributed by atoms with Crippen LogP contribution in [-0.4, -0.2) is 15.8 Å². The summed E-state index contributed by atoms with van der Waals surface area (Å²) in [5, 5.41) is 13.4. The van der Waals surface area contributed by atoms with E-state index in [0.29, 0.717) is 5.75 Å². The fourth-order valence-corrected chi connectivity index (χ4v) is 3.69. The number of benzene rings is 1. The Kier molecular flexibility index (Phi) is 4.35. The molecule has 0 saturated carbocycles. The van der Waals surface area contributed by atoms with E-state index in [2.05, 4.69) is 22.5 Å². The van der Waals surface area contributed by atoms with Gasteiger partial charge in [-0.2, -0.15) is 11.8 Å². The Morgan fingerprint density at radius 1 is 1.20 bits per heavy atom. The molecule has 1 N–H and O–H groups in total. The molecular weight excluding hydrogens is 286 g/mol. The molecule has 0 spiro atoms. The van der Waals surface area contributed by atoms with E-state index in [-0.39, 0.29) is 0 Å². The Balaban J connectivity index is 1.57. The molecule has 0 radical (unpaired) electrons. The summed E-state index contributed by atoms with van der Waals surface area (Å²) in [5.41, 5.74) is 2.19. The van der Waals surface area contributed by atoms with Gasteiger partial charge in [0.1, 0.15) is 4.83 Å². The molecule has 0 amide bonds. The smallest absolute Gasteiger partial charge is 0.123 e. The molecule has 1 unspecified atom stereocenters. The Labute approximate surface area is 126 Å². The lowest BCUT2D eigenvalue weighted by molar-refractivity contribution is 0.204. The van der Waals surface area contributed by atoms with Gasteiger partial charge in [-0.25, -0.2) is 4.98 Å². The molecule has 1 aromatic carbocycles. The Bertz CT molecular complexity index is 681. The van der Waals surface area contributed by atoms with E-state index in [1.165, 1.54) is 10.9 Å². The number of hydrogen-bond acceptors (Lipinski definition) is 4. The van der Waals surface area contributed by atoms with Crippen molar-refractivity contribution in [1.29, 1.82) is 0 Å². The second-order valence-corrected chi connectivity index (χ2v) is 6.52. The van der Waals surface area contributed by atoms with E-state index >= 15 is 0 Å². The molecule has 0 fully saturated rings. The molecule has 102 valence electrons. The summed E-state index contributed by atoms with van der Waals surface area (Å²) < 4.78 is 0. The Morgan fingerprint density at radius 2 is 2.05 bits per heavy atom. The van der Waals surface area contributed by atoms with Crippen LogP contribution in [0.15, 0.2) is 54.0 Å². The predicted octanol–water partition coefficient (Wildman–Crippen LogP) is 4.26. The van der Waals surface area contributed by atoms with Crippen LogP contribution in [0.3, 0.4) is 0 Å². The number of thioether (sulfide) groups is 1. The van der Waals surface area contributed by atoms with Gasteiger partial charge in [-0.15, -0.1) is 11.3 Å². The molecule has 3 aromatic rings. The molecule has 0 aliphatic carbocycles. The summed E-state index contributed by atoms with van der Waals surface area (Å²) in [6.07, 6.45) is 1.53. The molecule has 0 aliphatic heterocycles. The number of thiophene rings is 1. The third kappa shape index (κ3) is 3.20. The number of rotatable bonds is 5. The van der Waals surface area contributed by atoms with Crippen molar-refractivity contribution in [2.24, 2.45) is 0 Å². The maximum absolute atomic E-state index is 10.1. The Morgan fingerprint density at radius 3 is 2.90 bits per heavy atom. The average molecular weight is 301 g/mol. The largest absolute Gasteiger partial charge is 0.388 e. The third-order valence-electron chi connectivity index (χ3n) is 3.09. The lowest BCUT2D eigenvalue weighted by atomic mass is 10.1. The number of nitrogens with zero attached hydrogens (tertiary/aromatic N) is 1. The summed E-state index contributed by atoms with van der Waals surface area (Å²) in [6, 6.07) is 14.1. The van der Waals surface area contributed by atoms with Gasteiger partial charge in [0.25, 0.3) is 0 Å². The van der Waals surface area contributed by atoms with E-state index in [0.717, 1.165) is 16.1 Å². The minimum Gasteiger partial charge on any atom is -0.388 e. The van der Waals surface area contributed by atoms with Gasteiger partial charge in [0.2, 0.25) is 0 Å². The average Bonchev–Trinajstić information content (AvgIpc) is 2.95. The third-order valence-corrected chi connectivity index (χ3v) is 5.02. The van der Waals surface area contributed by atoms with Gasteiger partial charge in [0, 0.05) is 23.1 Å².